The van der Waals surface area contributed by atoms with Crippen molar-refractivity contribution < 1.29 is 28.9 Å². The summed E-state index contributed by atoms with van der Waals surface area (Å²) in [5, 5.41) is 3.67. The number of nitrogens with zero attached hydrogens (tertiary/aromatic N) is 2. The van der Waals surface area contributed by atoms with Gasteiger partial charge in [-0.1, -0.05) is 89.5 Å². The maximum absolute atomic E-state index is 14.3. The van der Waals surface area contributed by atoms with Crippen LogP contribution in [0.2, 0.25) is 19.6 Å². The van der Waals surface area contributed by atoms with Gasteiger partial charge in [0.25, 0.3) is 0 Å². The largest absolute Gasteiger partial charge is 0.305 e. The molecule has 2 nitrogen and oxygen atoms in total. The molecule has 0 unspecified atom stereocenters. The first-order chi connectivity index (χ1) is 23.7. The zero-order chi connectivity index (χ0) is 35.8. The number of pyridine rings is 2. The Balaban J connectivity index is 0.000000218. The number of hydrogen-bond donors (Lipinski definition) is 0. The molecule has 0 aliphatic rings. The summed E-state index contributed by atoms with van der Waals surface area (Å²) in [4.78, 5) is 9.28. The fourth-order valence-corrected chi connectivity index (χ4v) is 9.05. The predicted molar refractivity (Wildman–Crippen MR) is 211 cm³/mol. The molecule has 7 rings (SSSR count). The Labute approximate surface area is 319 Å². The molecule has 0 spiro atoms. The number of halogens is 2. The monoisotopic (exact) mass is 889 g/mol. The van der Waals surface area contributed by atoms with Crippen molar-refractivity contribution in [2.75, 3.05) is 0 Å². The van der Waals surface area contributed by atoms with Crippen LogP contribution >= 0.6 is 11.3 Å². The van der Waals surface area contributed by atoms with Crippen LogP contribution in [-0.2, 0) is 25.5 Å². The van der Waals surface area contributed by atoms with E-state index in [2.05, 4.69) is 101 Å². The van der Waals surface area contributed by atoms with Crippen LogP contribution in [0.4, 0.5) is 8.78 Å². The number of hydrogen-bond acceptors (Lipinski definition) is 3. The summed E-state index contributed by atoms with van der Waals surface area (Å²) in [7, 11) is -1.34. The number of rotatable bonds is 5. The van der Waals surface area contributed by atoms with Gasteiger partial charge in [-0.15, -0.1) is 59.7 Å². The Morgan fingerprint density at radius 2 is 1.57 bits per heavy atom. The Morgan fingerprint density at radius 3 is 2.25 bits per heavy atom. The molecule has 7 aromatic rings. The maximum atomic E-state index is 14.3. The number of aromatic nitrogens is 2. The molecule has 0 fully saturated rings. The van der Waals surface area contributed by atoms with Crippen molar-refractivity contribution in [3.63, 3.8) is 0 Å². The number of fused-ring (bicyclic) bond motifs is 3. The third-order valence-corrected chi connectivity index (χ3v) is 12.1. The van der Waals surface area contributed by atoms with Gasteiger partial charge in [-0.2, -0.15) is 11.3 Å². The summed E-state index contributed by atoms with van der Waals surface area (Å²) in [5.74, 6) is -0.346. The summed E-state index contributed by atoms with van der Waals surface area (Å²) in [6.45, 7) is 18.2. The van der Waals surface area contributed by atoms with Crippen molar-refractivity contribution in [1.29, 1.82) is 0 Å². The maximum Gasteiger partial charge on any atom is 0.131 e. The molecule has 4 aromatic carbocycles. The average molecular weight is 889 g/mol. The summed E-state index contributed by atoms with van der Waals surface area (Å²) in [6, 6.07) is 34.4. The van der Waals surface area contributed by atoms with Gasteiger partial charge in [-0.3, -0.25) is 0 Å². The molecule has 0 aliphatic heterocycles. The summed E-state index contributed by atoms with van der Waals surface area (Å²) >= 11 is 1.63. The van der Waals surface area contributed by atoms with E-state index in [4.69, 9.17) is 0 Å². The predicted octanol–water partition coefficient (Wildman–Crippen LogP) is 12.4. The van der Waals surface area contributed by atoms with Gasteiger partial charge in [0.05, 0.1) is 8.07 Å². The third-order valence-electron chi connectivity index (χ3n) is 8.91. The van der Waals surface area contributed by atoms with E-state index in [0.29, 0.717) is 11.5 Å². The second kappa shape index (κ2) is 15.4. The second-order valence-electron chi connectivity index (χ2n) is 15.1. The van der Waals surface area contributed by atoms with E-state index in [1.165, 1.54) is 28.4 Å². The zero-order valence-corrected chi connectivity index (χ0v) is 34.5. The van der Waals surface area contributed by atoms with E-state index < -0.39 is 19.7 Å². The van der Waals surface area contributed by atoms with Crippen LogP contribution in [-0.4, -0.2) is 18.0 Å². The van der Waals surface area contributed by atoms with Gasteiger partial charge in [-0.25, -0.2) is 8.78 Å². The van der Waals surface area contributed by atoms with Crippen LogP contribution in [0.25, 0.3) is 53.8 Å². The number of thiophene rings is 1. The first-order valence-corrected chi connectivity index (χ1v) is 21.3. The van der Waals surface area contributed by atoms with Crippen LogP contribution in [0.1, 0.15) is 51.7 Å². The molecule has 0 N–H and O–H groups in total. The Bertz CT molecular complexity index is 2300. The summed E-state index contributed by atoms with van der Waals surface area (Å²) in [5.41, 5.74) is 7.58. The van der Waals surface area contributed by atoms with Crippen LogP contribution in [0.15, 0.2) is 103 Å². The molecule has 0 aliphatic carbocycles. The van der Waals surface area contributed by atoms with Gasteiger partial charge in [0.2, 0.25) is 0 Å². The Morgan fingerprint density at radius 1 is 0.784 bits per heavy atom. The van der Waals surface area contributed by atoms with Gasteiger partial charge in [-0.05, 0) is 79.5 Å². The van der Waals surface area contributed by atoms with E-state index in [9.17, 15) is 8.78 Å². The molecular weight excluding hydrogens is 847 g/mol. The SMILES string of the molecule is CC(C)(C)c1ccnc(-c2[c-]ccc3c2sc2cc(-c4cc(F)ccc4F)ccc23)c1.CC(C)c1cc(-c2[c-]cccc2)ncc1[Si](C)(C)C.[Ir]. The number of benzene rings is 4. The van der Waals surface area contributed by atoms with Gasteiger partial charge >= 0.3 is 0 Å². The molecule has 0 amide bonds. The van der Waals surface area contributed by atoms with Crippen LogP contribution < -0.4 is 5.19 Å². The first-order valence-electron chi connectivity index (χ1n) is 17.0. The van der Waals surface area contributed by atoms with Gasteiger partial charge in [0.1, 0.15) is 11.6 Å². The summed E-state index contributed by atoms with van der Waals surface area (Å²) < 4.78 is 30.1. The fourth-order valence-electron chi connectivity index (χ4n) is 6.13. The minimum absolute atomic E-state index is 0. The van der Waals surface area contributed by atoms with Crippen molar-refractivity contribution in [2.45, 2.75) is 65.6 Å². The molecule has 3 heterocycles. The van der Waals surface area contributed by atoms with E-state index in [0.717, 1.165) is 48.8 Å². The van der Waals surface area contributed by atoms with E-state index in [-0.39, 0.29) is 31.1 Å². The molecular formula is C44H42F2IrN2SSi-2. The smallest absolute Gasteiger partial charge is 0.131 e. The Kier molecular flexibility index (Phi) is 11.6. The van der Waals surface area contributed by atoms with E-state index in [1.54, 1.807) is 11.3 Å². The van der Waals surface area contributed by atoms with E-state index in [1.807, 2.05) is 60.8 Å². The van der Waals surface area contributed by atoms with E-state index >= 15 is 0 Å². The molecule has 0 bridgehead atoms. The van der Waals surface area contributed by atoms with Gasteiger partial charge < -0.3 is 9.97 Å². The minimum atomic E-state index is -1.34. The molecule has 7 heteroatoms. The molecule has 0 saturated carbocycles. The van der Waals surface area contributed by atoms with Crippen LogP contribution in [0.3, 0.4) is 0 Å². The Hall–Kier alpha value is -3.87. The normalized spacial score (nSPS) is 11.7. The van der Waals surface area contributed by atoms with Crippen molar-refractivity contribution in [1.82, 2.24) is 9.97 Å². The van der Waals surface area contributed by atoms with Crippen LogP contribution in [0, 0.1) is 23.8 Å². The second-order valence-corrected chi connectivity index (χ2v) is 21.1. The molecule has 1 radical (unpaired) electrons. The molecule has 0 atom stereocenters. The molecule has 3 aromatic heterocycles. The molecule has 263 valence electrons. The summed E-state index contributed by atoms with van der Waals surface area (Å²) in [6.07, 6.45) is 3.94. The third kappa shape index (κ3) is 8.45. The van der Waals surface area contributed by atoms with Crippen molar-refractivity contribution in [3.05, 3.63) is 138 Å². The van der Waals surface area contributed by atoms with Gasteiger partial charge in [0, 0.05) is 42.8 Å². The quantitative estimate of drug-likeness (QED) is 0.127. The zero-order valence-electron chi connectivity index (χ0n) is 30.3. The van der Waals surface area contributed by atoms with Crippen LogP contribution in [0.5, 0.6) is 0 Å². The standard InChI is InChI=1S/C27H20F2NS.C17H22NSi.Ir/c1-27(2,3)17-11-12-30-24(14-17)21-6-4-5-20-19-9-7-16(13-25(19)31-26(20)21)22-15-18(28)8-10-23(22)29;1-13(2)15-11-16(14-9-7-6-8-10-14)18-12-17(15)19(3,4)5;/h4-5,7-15H,1-3H3;6-9,11-13H,1-5H3;/q2*-1;. The van der Waals surface area contributed by atoms with Crippen molar-refractivity contribution in [3.8, 4) is 33.6 Å². The minimum Gasteiger partial charge on any atom is -0.305 e. The fraction of sp³-hybridized carbons (Fsp3) is 0.227. The van der Waals surface area contributed by atoms with Crippen molar-refractivity contribution in [2.24, 2.45) is 0 Å². The molecule has 0 saturated heterocycles. The molecule has 51 heavy (non-hydrogen) atoms. The average Bonchev–Trinajstić information content (AvgIpc) is 3.47. The first kappa shape index (κ1) is 38.4. The van der Waals surface area contributed by atoms with Gasteiger partial charge in [0.15, 0.2) is 0 Å². The topological polar surface area (TPSA) is 25.8 Å². The van der Waals surface area contributed by atoms with Crippen molar-refractivity contribution >= 4 is 44.8 Å².